The van der Waals surface area contributed by atoms with Crippen molar-refractivity contribution in [2.45, 2.75) is 39.2 Å². The summed E-state index contributed by atoms with van der Waals surface area (Å²) in [5.41, 5.74) is 6.03. The van der Waals surface area contributed by atoms with Gasteiger partial charge in [0.2, 0.25) is 0 Å². The summed E-state index contributed by atoms with van der Waals surface area (Å²) < 4.78 is 2.37. The fourth-order valence-electron chi connectivity index (χ4n) is 2.98. The van der Waals surface area contributed by atoms with E-state index < -0.39 is 0 Å². The van der Waals surface area contributed by atoms with Crippen LogP contribution in [0.25, 0.3) is 10.9 Å². The summed E-state index contributed by atoms with van der Waals surface area (Å²) in [7, 11) is 2.20. The van der Waals surface area contributed by atoms with Gasteiger partial charge in [-0.3, -0.25) is 0 Å². The Morgan fingerprint density at radius 3 is 2.72 bits per heavy atom. The van der Waals surface area contributed by atoms with Crippen LogP contribution in [-0.2, 0) is 25.4 Å². The lowest BCUT2D eigenvalue weighted by Gasteiger charge is -2.19. The zero-order chi connectivity index (χ0) is 12.9. The van der Waals surface area contributed by atoms with Crippen molar-refractivity contribution in [3.63, 3.8) is 0 Å². The van der Waals surface area contributed by atoms with Crippen LogP contribution < -0.4 is 5.32 Å². The van der Waals surface area contributed by atoms with E-state index in [0.29, 0.717) is 0 Å². The second-order valence-electron chi connectivity index (χ2n) is 6.39. The maximum Gasteiger partial charge on any atom is 0.0483 e. The lowest BCUT2D eigenvalue weighted by Crippen LogP contribution is -2.24. The summed E-state index contributed by atoms with van der Waals surface area (Å²) in [6.07, 6.45) is 1.14. The van der Waals surface area contributed by atoms with E-state index in [1.165, 1.54) is 27.7 Å². The second kappa shape index (κ2) is 3.86. The van der Waals surface area contributed by atoms with Gasteiger partial charge in [0.25, 0.3) is 0 Å². The molecule has 0 aliphatic carbocycles. The second-order valence-corrected chi connectivity index (χ2v) is 6.39. The molecule has 3 rings (SSSR count). The van der Waals surface area contributed by atoms with Crippen LogP contribution in [0.5, 0.6) is 0 Å². The largest absolute Gasteiger partial charge is 0.347 e. The summed E-state index contributed by atoms with van der Waals surface area (Å²) in [5, 5.41) is 4.93. The Morgan fingerprint density at radius 1 is 1.22 bits per heavy atom. The number of fused-ring (bicyclic) bond motifs is 3. The average molecular weight is 242 g/mol. The van der Waals surface area contributed by atoms with Gasteiger partial charge in [-0.15, -0.1) is 0 Å². The topological polar surface area (TPSA) is 17.0 Å². The van der Waals surface area contributed by atoms with E-state index in [4.69, 9.17) is 0 Å². The summed E-state index contributed by atoms with van der Waals surface area (Å²) in [6, 6.07) is 6.95. The predicted molar refractivity (Wildman–Crippen MR) is 77.0 cm³/mol. The van der Waals surface area contributed by atoms with Crippen LogP contribution in [-0.4, -0.2) is 11.1 Å². The number of hydrogen-bond donors (Lipinski definition) is 1. The Labute approximate surface area is 109 Å². The van der Waals surface area contributed by atoms with E-state index in [1.807, 2.05) is 0 Å². The molecule has 96 valence electrons. The van der Waals surface area contributed by atoms with Crippen molar-refractivity contribution < 1.29 is 0 Å². The standard InChI is InChI=1S/C16H22N2/c1-16(2,3)11-5-6-14-12(9-11)13-10-17-8-7-15(13)18(14)4/h5-6,9,17H,7-8,10H2,1-4H3. The van der Waals surface area contributed by atoms with E-state index in [9.17, 15) is 0 Å². The minimum atomic E-state index is 0.221. The maximum atomic E-state index is 3.49. The van der Waals surface area contributed by atoms with Gasteiger partial charge in [-0.1, -0.05) is 26.8 Å². The quantitative estimate of drug-likeness (QED) is 0.751. The molecule has 0 amide bonds. The first-order chi connectivity index (χ1) is 8.48. The van der Waals surface area contributed by atoms with Crippen LogP contribution in [0.1, 0.15) is 37.6 Å². The Hall–Kier alpha value is -1.28. The van der Waals surface area contributed by atoms with E-state index in [2.05, 4.69) is 55.9 Å². The van der Waals surface area contributed by atoms with Gasteiger partial charge in [0.15, 0.2) is 0 Å². The molecule has 2 heteroatoms. The molecule has 1 aromatic heterocycles. The molecule has 1 aliphatic heterocycles. The predicted octanol–water partition coefficient (Wildman–Crippen LogP) is 3.12. The van der Waals surface area contributed by atoms with Gasteiger partial charge in [-0.2, -0.15) is 0 Å². The Balaban J connectivity index is 2.28. The van der Waals surface area contributed by atoms with Crippen LogP contribution in [0, 0.1) is 0 Å². The lowest BCUT2D eigenvalue weighted by molar-refractivity contribution is 0.591. The summed E-state index contributed by atoms with van der Waals surface area (Å²) in [4.78, 5) is 0. The number of nitrogens with zero attached hydrogens (tertiary/aromatic N) is 1. The van der Waals surface area contributed by atoms with E-state index in [0.717, 1.165) is 19.5 Å². The summed E-state index contributed by atoms with van der Waals surface area (Å²) in [5.74, 6) is 0. The fraction of sp³-hybridized carbons (Fsp3) is 0.500. The van der Waals surface area contributed by atoms with Crippen LogP contribution in [0.4, 0.5) is 0 Å². The zero-order valence-corrected chi connectivity index (χ0v) is 11.8. The van der Waals surface area contributed by atoms with Crippen molar-refractivity contribution >= 4 is 10.9 Å². The zero-order valence-electron chi connectivity index (χ0n) is 11.8. The number of hydrogen-bond acceptors (Lipinski definition) is 1. The highest BCUT2D eigenvalue weighted by Gasteiger charge is 2.20. The molecule has 0 atom stereocenters. The first-order valence-electron chi connectivity index (χ1n) is 6.80. The highest BCUT2D eigenvalue weighted by molar-refractivity contribution is 5.86. The van der Waals surface area contributed by atoms with E-state index in [-0.39, 0.29) is 5.41 Å². The third kappa shape index (κ3) is 1.67. The van der Waals surface area contributed by atoms with E-state index >= 15 is 0 Å². The molecule has 0 radical (unpaired) electrons. The van der Waals surface area contributed by atoms with Gasteiger partial charge in [-0.25, -0.2) is 0 Å². The van der Waals surface area contributed by atoms with Gasteiger partial charge < -0.3 is 9.88 Å². The highest BCUT2D eigenvalue weighted by Crippen LogP contribution is 2.32. The molecule has 2 aromatic rings. The van der Waals surface area contributed by atoms with Crippen molar-refractivity contribution in [2.24, 2.45) is 7.05 Å². The van der Waals surface area contributed by atoms with Gasteiger partial charge in [0.05, 0.1) is 0 Å². The number of rotatable bonds is 0. The van der Waals surface area contributed by atoms with Crippen molar-refractivity contribution in [3.05, 3.63) is 35.0 Å². The third-order valence-corrected chi connectivity index (χ3v) is 4.14. The van der Waals surface area contributed by atoms with Crippen molar-refractivity contribution in [2.75, 3.05) is 6.54 Å². The Morgan fingerprint density at radius 2 is 2.00 bits per heavy atom. The minimum Gasteiger partial charge on any atom is -0.347 e. The maximum absolute atomic E-state index is 3.49. The molecule has 1 aliphatic rings. The molecule has 0 unspecified atom stereocenters. The first-order valence-corrected chi connectivity index (χ1v) is 6.80. The molecule has 0 saturated carbocycles. The number of aryl methyl sites for hydroxylation is 1. The van der Waals surface area contributed by atoms with Crippen molar-refractivity contribution in [3.8, 4) is 0 Å². The molecule has 2 heterocycles. The van der Waals surface area contributed by atoms with Gasteiger partial charge >= 0.3 is 0 Å². The van der Waals surface area contributed by atoms with Crippen LogP contribution in [0.3, 0.4) is 0 Å². The van der Waals surface area contributed by atoms with Crippen LogP contribution in [0.15, 0.2) is 18.2 Å². The monoisotopic (exact) mass is 242 g/mol. The van der Waals surface area contributed by atoms with E-state index in [1.54, 1.807) is 0 Å². The van der Waals surface area contributed by atoms with Gasteiger partial charge in [-0.05, 0) is 28.7 Å². The van der Waals surface area contributed by atoms with Crippen molar-refractivity contribution in [1.82, 2.24) is 9.88 Å². The Bertz CT molecular complexity index is 600. The molecule has 18 heavy (non-hydrogen) atoms. The minimum absolute atomic E-state index is 0.221. The number of aromatic nitrogens is 1. The smallest absolute Gasteiger partial charge is 0.0483 e. The van der Waals surface area contributed by atoms with Crippen LogP contribution >= 0.6 is 0 Å². The first kappa shape index (κ1) is 11.8. The number of benzene rings is 1. The fourth-order valence-corrected chi connectivity index (χ4v) is 2.98. The van der Waals surface area contributed by atoms with Gasteiger partial charge in [0.1, 0.15) is 0 Å². The molecular formula is C16H22N2. The molecule has 0 spiro atoms. The van der Waals surface area contributed by atoms with Crippen LogP contribution in [0.2, 0.25) is 0 Å². The summed E-state index contributed by atoms with van der Waals surface area (Å²) >= 11 is 0. The normalized spacial score (nSPS) is 16.0. The SMILES string of the molecule is Cn1c2c(c3cc(C(C)(C)C)ccc31)CNCC2. The summed E-state index contributed by atoms with van der Waals surface area (Å²) in [6.45, 7) is 8.95. The average Bonchev–Trinajstić information content (AvgIpc) is 2.63. The molecule has 0 bridgehead atoms. The highest BCUT2D eigenvalue weighted by atomic mass is 15.0. The molecule has 0 saturated heterocycles. The van der Waals surface area contributed by atoms with Crippen molar-refractivity contribution in [1.29, 1.82) is 0 Å². The number of nitrogens with one attached hydrogen (secondary N) is 1. The molecule has 2 nitrogen and oxygen atoms in total. The third-order valence-electron chi connectivity index (χ3n) is 4.14. The molecule has 1 aromatic carbocycles. The molecular weight excluding hydrogens is 220 g/mol. The molecule has 0 fully saturated rings. The molecule has 1 N–H and O–H groups in total. The Kier molecular flexibility index (Phi) is 2.53. The van der Waals surface area contributed by atoms with Gasteiger partial charge in [0, 0.05) is 43.2 Å². The lowest BCUT2D eigenvalue weighted by atomic mass is 9.86.